The smallest absolute Gasteiger partial charge is 0.253 e. The Bertz CT molecular complexity index is 1100. The second kappa shape index (κ2) is 9.31. The van der Waals surface area contributed by atoms with Crippen molar-refractivity contribution in [1.82, 2.24) is 5.32 Å². The normalized spacial score (nSPS) is 13.4. The van der Waals surface area contributed by atoms with Gasteiger partial charge in [-0.1, -0.05) is 48.5 Å². The van der Waals surface area contributed by atoms with E-state index in [4.69, 9.17) is 4.74 Å². The minimum atomic E-state index is -0.212. The summed E-state index contributed by atoms with van der Waals surface area (Å²) in [5.41, 5.74) is 3.10. The van der Waals surface area contributed by atoms with Gasteiger partial charge in [0.15, 0.2) is 0 Å². The molecule has 1 aliphatic carbocycles. The van der Waals surface area contributed by atoms with Gasteiger partial charge in [0.05, 0.1) is 24.0 Å². The third-order valence-electron chi connectivity index (χ3n) is 5.47. The first-order valence-electron chi connectivity index (χ1n) is 10.8. The number of benzene rings is 3. The van der Waals surface area contributed by atoms with E-state index in [1.807, 2.05) is 74.5 Å². The van der Waals surface area contributed by atoms with Crippen LogP contribution in [-0.4, -0.2) is 17.9 Å². The Morgan fingerprint density at radius 2 is 1.61 bits per heavy atom. The fourth-order valence-electron chi connectivity index (χ4n) is 3.51. The molecular weight excluding hydrogens is 388 g/mol. The molecule has 0 radical (unpaired) electrons. The number of nitrogens with one attached hydrogen (secondary N) is 2. The predicted octanol–water partition coefficient (Wildman–Crippen LogP) is 5.04. The van der Waals surface area contributed by atoms with Crippen LogP contribution < -0.4 is 10.6 Å². The maximum absolute atomic E-state index is 13.1. The molecule has 31 heavy (non-hydrogen) atoms. The second-order valence-electron chi connectivity index (χ2n) is 8.32. The maximum Gasteiger partial charge on any atom is 0.253 e. The van der Waals surface area contributed by atoms with Crippen LogP contribution in [0.4, 0.5) is 5.69 Å². The summed E-state index contributed by atoms with van der Waals surface area (Å²) in [7, 11) is 0. The summed E-state index contributed by atoms with van der Waals surface area (Å²) in [6.07, 6.45) is 1.96. The van der Waals surface area contributed by atoms with E-state index in [0.717, 1.165) is 34.7 Å². The molecule has 0 spiro atoms. The Morgan fingerprint density at radius 3 is 2.29 bits per heavy atom. The lowest BCUT2D eigenvalue weighted by molar-refractivity contribution is -0.117. The summed E-state index contributed by atoms with van der Waals surface area (Å²) in [6.45, 7) is 4.89. The molecule has 0 aliphatic heterocycles. The van der Waals surface area contributed by atoms with Crippen molar-refractivity contribution >= 4 is 28.3 Å². The molecule has 5 nitrogen and oxygen atoms in total. The lowest BCUT2D eigenvalue weighted by atomic mass is 10.0. The highest BCUT2D eigenvalue weighted by Gasteiger charge is 2.30. The minimum absolute atomic E-state index is 0.0134. The molecule has 4 rings (SSSR count). The van der Waals surface area contributed by atoms with Crippen molar-refractivity contribution < 1.29 is 14.3 Å². The van der Waals surface area contributed by atoms with Gasteiger partial charge in [-0.05, 0) is 60.7 Å². The first kappa shape index (κ1) is 21.1. The van der Waals surface area contributed by atoms with Gasteiger partial charge in [-0.2, -0.15) is 0 Å². The van der Waals surface area contributed by atoms with Crippen LogP contribution in [0, 0.1) is 5.92 Å². The number of hydrogen-bond donors (Lipinski definition) is 2. The summed E-state index contributed by atoms with van der Waals surface area (Å²) < 4.78 is 5.74. The quantitative estimate of drug-likeness (QED) is 0.540. The number of amides is 2. The van der Waals surface area contributed by atoms with Gasteiger partial charge >= 0.3 is 0 Å². The van der Waals surface area contributed by atoms with E-state index in [9.17, 15) is 9.59 Å². The minimum Gasteiger partial charge on any atom is -0.374 e. The molecule has 1 fully saturated rings. The second-order valence-corrected chi connectivity index (χ2v) is 8.32. The maximum atomic E-state index is 13.1. The highest BCUT2D eigenvalue weighted by atomic mass is 16.5. The zero-order valence-corrected chi connectivity index (χ0v) is 18.0. The first-order valence-corrected chi connectivity index (χ1v) is 10.8. The van der Waals surface area contributed by atoms with Crippen LogP contribution in [0.1, 0.15) is 48.2 Å². The molecule has 1 aliphatic rings. The summed E-state index contributed by atoms with van der Waals surface area (Å²) in [5, 5.41) is 7.94. The van der Waals surface area contributed by atoms with Gasteiger partial charge in [0, 0.05) is 12.5 Å². The van der Waals surface area contributed by atoms with Crippen LogP contribution in [0.15, 0.2) is 60.7 Å². The van der Waals surface area contributed by atoms with Gasteiger partial charge < -0.3 is 15.4 Å². The van der Waals surface area contributed by atoms with Crippen molar-refractivity contribution in [3.63, 3.8) is 0 Å². The Morgan fingerprint density at radius 1 is 0.968 bits per heavy atom. The van der Waals surface area contributed by atoms with Crippen LogP contribution in [-0.2, 0) is 22.7 Å². The van der Waals surface area contributed by atoms with Crippen LogP contribution in [0.25, 0.3) is 10.8 Å². The molecule has 0 unspecified atom stereocenters. The van der Waals surface area contributed by atoms with Gasteiger partial charge in [0.2, 0.25) is 5.91 Å². The first-order chi connectivity index (χ1) is 15.0. The Balaban J connectivity index is 1.55. The summed E-state index contributed by atoms with van der Waals surface area (Å²) >= 11 is 0. The van der Waals surface area contributed by atoms with Crippen molar-refractivity contribution in [2.24, 2.45) is 5.92 Å². The number of carbonyl (C=O) groups is 2. The van der Waals surface area contributed by atoms with Crippen molar-refractivity contribution in [3.8, 4) is 0 Å². The molecule has 2 amide bonds. The number of anilines is 1. The van der Waals surface area contributed by atoms with Crippen LogP contribution >= 0.6 is 0 Å². The number of hydrogen-bond acceptors (Lipinski definition) is 3. The predicted molar refractivity (Wildman–Crippen MR) is 123 cm³/mol. The van der Waals surface area contributed by atoms with E-state index in [-0.39, 0.29) is 23.8 Å². The van der Waals surface area contributed by atoms with E-state index in [1.165, 1.54) is 0 Å². The Kier molecular flexibility index (Phi) is 6.33. The van der Waals surface area contributed by atoms with Crippen LogP contribution in [0.3, 0.4) is 0 Å². The lowest BCUT2D eigenvalue weighted by Crippen LogP contribution is -2.25. The van der Waals surface area contributed by atoms with Gasteiger partial charge in [0.25, 0.3) is 5.91 Å². The van der Waals surface area contributed by atoms with Gasteiger partial charge in [0.1, 0.15) is 0 Å². The molecule has 5 heteroatoms. The van der Waals surface area contributed by atoms with Gasteiger partial charge in [-0.15, -0.1) is 0 Å². The van der Waals surface area contributed by atoms with E-state index < -0.39 is 0 Å². The standard InChI is InChI=1S/C26H28N2O3/c1-17(2)31-16-22-10-6-5-9-21(22)15-27-26(30)23-13-19-7-3-4-8-20(19)14-24(23)28-25(29)18-11-12-18/h3-10,13-14,17-18H,11-12,15-16H2,1-2H3,(H,27,30)(H,28,29). The zero-order chi connectivity index (χ0) is 21.8. The number of fused-ring (bicyclic) bond motifs is 1. The van der Waals surface area contributed by atoms with Crippen LogP contribution in [0.2, 0.25) is 0 Å². The van der Waals surface area contributed by atoms with E-state index in [1.54, 1.807) is 0 Å². The molecular formula is C26H28N2O3. The molecule has 160 valence electrons. The molecule has 0 saturated heterocycles. The summed E-state index contributed by atoms with van der Waals surface area (Å²) in [4.78, 5) is 25.5. The fraction of sp³-hybridized carbons (Fsp3) is 0.308. The van der Waals surface area contributed by atoms with Gasteiger partial charge in [-0.3, -0.25) is 9.59 Å². The average Bonchev–Trinajstić information content (AvgIpc) is 3.61. The topological polar surface area (TPSA) is 67.4 Å². The molecule has 2 N–H and O–H groups in total. The average molecular weight is 417 g/mol. The molecule has 0 aromatic heterocycles. The highest BCUT2D eigenvalue weighted by molar-refractivity contribution is 6.08. The molecule has 1 saturated carbocycles. The largest absolute Gasteiger partial charge is 0.374 e. The van der Waals surface area contributed by atoms with Crippen molar-refractivity contribution in [2.75, 3.05) is 5.32 Å². The number of ether oxygens (including phenoxy) is 1. The lowest BCUT2D eigenvalue weighted by Gasteiger charge is -2.15. The summed E-state index contributed by atoms with van der Waals surface area (Å²) in [6, 6.07) is 19.5. The molecule has 3 aromatic carbocycles. The van der Waals surface area contributed by atoms with Crippen LogP contribution in [0.5, 0.6) is 0 Å². The van der Waals surface area contributed by atoms with E-state index in [2.05, 4.69) is 10.6 Å². The Hall–Kier alpha value is -3.18. The van der Waals surface area contributed by atoms with Gasteiger partial charge in [-0.25, -0.2) is 0 Å². The SMILES string of the molecule is CC(C)OCc1ccccc1CNC(=O)c1cc2ccccc2cc1NC(=O)C1CC1. The molecule has 0 bridgehead atoms. The molecule has 0 heterocycles. The fourth-order valence-corrected chi connectivity index (χ4v) is 3.51. The number of carbonyl (C=O) groups excluding carboxylic acids is 2. The van der Waals surface area contributed by atoms with Crippen molar-refractivity contribution in [1.29, 1.82) is 0 Å². The highest BCUT2D eigenvalue weighted by Crippen LogP contribution is 2.32. The van der Waals surface area contributed by atoms with Crippen molar-refractivity contribution in [3.05, 3.63) is 77.4 Å². The van der Waals surface area contributed by atoms with E-state index >= 15 is 0 Å². The van der Waals surface area contributed by atoms with Crippen molar-refractivity contribution in [2.45, 2.75) is 45.9 Å². The van der Waals surface area contributed by atoms with E-state index in [0.29, 0.717) is 24.4 Å². The summed E-state index contributed by atoms with van der Waals surface area (Å²) in [5.74, 6) is -0.160. The monoisotopic (exact) mass is 416 g/mol. The number of rotatable bonds is 8. The molecule has 3 aromatic rings. The third-order valence-corrected chi connectivity index (χ3v) is 5.47. The zero-order valence-electron chi connectivity index (χ0n) is 18.0. The molecule has 0 atom stereocenters. The third kappa shape index (κ3) is 5.30. The Labute approximate surface area is 182 Å².